The molecular formula is C16H19N3O2. The molecule has 3 rings (SSSR count). The summed E-state index contributed by atoms with van der Waals surface area (Å²) in [6.07, 6.45) is 4.41. The topological polar surface area (TPSA) is 81.1 Å². The molecule has 0 spiro atoms. The van der Waals surface area contributed by atoms with Crippen LogP contribution in [-0.2, 0) is 17.8 Å². The van der Waals surface area contributed by atoms with Crippen LogP contribution in [0.2, 0.25) is 0 Å². The van der Waals surface area contributed by atoms with Crippen molar-refractivity contribution in [3.63, 3.8) is 0 Å². The third kappa shape index (κ3) is 3.13. The minimum Gasteiger partial charge on any atom is -0.480 e. The number of hydrogen-bond acceptors (Lipinski definition) is 3. The summed E-state index contributed by atoms with van der Waals surface area (Å²) in [4.78, 5) is 15.5. The summed E-state index contributed by atoms with van der Waals surface area (Å²) >= 11 is 0. The maximum absolute atomic E-state index is 11.0. The van der Waals surface area contributed by atoms with E-state index in [1.165, 1.54) is 5.56 Å². The van der Waals surface area contributed by atoms with E-state index in [-0.39, 0.29) is 0 Å². The molecule has 0 saturated heterocycles. The monoisotopic (exact) mass is 285 g/mol. The van der Waals surface area contributed by atoms with Crippen molar-refractivity contribution in [3.8, 4) is 0 Å². The van der Waals surface area contributed by atoms with Crippen LogP contribution in [0.15, 0.2) is 36.5 Å². The zero-order valence-corrected chi connectivity index (χ0v) is 11.8. The highest BCUT2D eigenvalue weighted by Crippen LogP contribution is 2.39. The lowest BCUT2D eigenvalue weighted by Gasteiger charge is -2.13. The van der Waals surface area contributed by atoms with Gasteiger partial charge in [0.25, 0.3) is 0 Å². The molecule has 1 aromatic carbocycles. The van der Waals surface area contributed by atoms with Crippen molar-refractivity contribution in [1.29, 1.82) is 0 Å². The molecule has 0 amide bonds. The van der Waals surface area contributed by atoms with Crippen LogP contribution >= 0.6 is 0 Å². The van der Waals surface area contributed by atoms with Crippen molar-refractivity contribution in [2.45, 2.75) is 37.8 Å². The minimum absolute atomic E-state index is 0.307. The molecule has 110 valence electrons. The Hall–Kier alpha value is -2.14. The van der Waals surface area contributed by atoms with Crippen LogP contribution in [0.5, 0.6) is 0 Å². The molecule has 0 bridgehead atoms. The second-order valence-electron chi connectivity index (χ2n) is 5.60. The molecule has 3 N–H and O–H groups in total. The Labute approximate surface area is 123 Å². The molecule has 1 atom stereocenters. The van der Waals surface area contributed by atoms with Gasteiger partial charge in [0.1, 0.15) is 11.9 Å². The third-order valence-corrected chi connectivity index (χ3v) is 3.84. The van der Waals surface area contributed by atoms with E-state index in [0.717, 1.165) is 24.4 Å². The van der Waals surface area contributed by atoms with Crippen molar-refractivity contribution in [3.05, 3.63) is 53.6 Å². The van der Waals surface area contributed by atoms with Crippen molar-refractivity contribution in [2.75, 3.05) is 0 Å². The first-order valence-electron chi connectivity index (χ1n) is 7.21. The minimum atomic E-state index is -0.976. The van der Waals surface area contributed by atoms with Gasteiger partial charge >= 0.3 is 5.97 Å². The van der Waals surface area contributed by atoms with E-state index in [1.54, 1.807) is 6.20 Å². The molecule has 21 heavy (non-hydrogen) atoms. The number of carboxylic acid groups (broad SMARTS) is 1. The number of carbonyl (C=O) groups is 1. The number of nitrogens with two attached hydrogens (primary N) is 1. The van der Waals surface area contributed by atoms with E-state index in [9.17, 15) is 4.79 Å². The number of imidazole rings is 1. The van der Waals surface area contributed by atoms with Gasteiger partial charge in [0.05, 0.1) is 0 Å². The number of hydrogen-bond donors (Lipinski definition) is 2. The second kappa shape index (κ2) is 5.69. The number of nitrogens with zero attached hydrogens (tertiary/aromatic N) is 2. The van der Waals surface area contributed by atoms with Crippen LogP contribution in [-0.4, -0.2) is 26.7 Å². The molecule has 1 aliphatic rings. The van der Waals surface area contributed by atoms with E-state index in [4.69, 9.17) is 10.8 Å². The van der Waals surface area contributed by atoms with Crippen molar-refractivity contribution in [1.82, 2.24) is 9.55 Å². The van der Waals surface area contributed by atoms with Crippen LogP contribution in [0.25, 0.3) is 0 Å². The summed E-state index contributed by atoms with van der Waals surface area (Å²) in [6, 6.07) is 9.25. The molecule has 1 aromatic heterocycles. The quantitative estimate of drug-likeness (QED) is 0.847. The number of aromatic nitrogens is 2. The SMILES string of the molecule is N[C@@H](Cc1cnc(C2CC2)n1Cc1ccccc1)C(=O)O. The van der Waals surface area contributed by atoms with Gasteiger partial charge in [-0.15, -0.1) is 0 Å². The van der Waals surface area contributed by atoms with Crippen molar-refractivity contribution < 1.29 is 9.90 Å². The van der Waals surface area contributed by atoms with Gasteiger partial charge in [0.15, 0.2) is 0 Å². The first-order valence-corrected chi connectivity index (χ1v) is 7.21. The van der Waals surface area contributed by atoms with Crippen LogP contribution in [0.3, 0.4) is 0 Å². The maximum Gasteiger partial charge on any atom is 0.320 e. The van der Waals surface area contributed by atoms with Crippen LogP contribution in [0.1, 0.15) is 35.8 Å². The van der Waals surface area contributed by atoms with Gasteiger partial charge in [-0.2, -0.15) is 0 Å². The van der Waals surface area contributed by atoms with Crippen molar-refractivity contribution in [2.24, 2.45) is 5.73 Å². The normalized spacial score (nSPS) is 15.9. The van der Waals surface area contributed by atoms with Gasteiger partial charge in [-0.25, -0.2) is 4.98 Å². The molecule has 0 radical (unpaired) electrons. The summed E-state index contributed by atoms with van der Waals surface area (Å²) in [7, 11) is 0. The predicted molar refractivity (Wildman–Crippen MR) is 79.1 cm³/mol. The number of rotatable bonds is 6. The van der Waals surface area contributed by atoms with Crippen LogP contribution in [0, 0.1) is 0 Å². The molecule has 2 aromatic rings. The summed E-state index contributed by atoms with van der Waals surface area (Å²) < 4.78 is 2.13. The molecule has 1 aliphatic carbocycles. The van der Waals surface area contributed by atoms with E-state index >= 15 is 0 Å². The molecule has 0 aliphatic heterocycles. The van der Waals surface area contributed by atoms with Gasteiger partial charge in [0.2, 0.25) is 0 Å². The van der Waals surface area contributed by atoms with Gasteiger partial charge in [-0.05, 0) is 18.4 Å². The zero-order chi connectivity index (χ0) is 14.8. The molecule has 1 saturated carbocycles. The number of benzene rings is 1. The Kier molecular flexibility index (Phi) is 3.75. The van der Waals surface area contributed by atoms with Crippen LogP contribution in [0.4, 0.5) is 0 Å². The molecule has 5 nitrogen and oxygen atoms in total. The van der Waals surface area contributed by atoms with Gasteiger partial charge in [-0.1, -0.05) is 30.3 Å². The Morgan fingerprint density at radius 1 is 1.38 bits per heavy atom. The lowest BCUT2D eigenvalue weighted by molar-refractivity contribution is -0.138. The lowest BCUT2D eigenvalue weighted by atomic mass is 10.1. The van der Waals surface area contributed by atoms with Gasteiger partial charge in [0, 0.05) is 30.8 Å². The highest BCUT2D eigenvalue weighted by Gasteiger charge is 2.29. The van der Waals surface area contributed by atoms with E-state index in [1.807, 2.05) is 18.2 Å². The van der Waals surface area contributed by atoms with E-state index in [0.29, 0.717) is 18.9 Å². The summed E-state index contributed by atoms with van der Waals surface area (Å²) in [5.74, 6) is 0.602. The Bertz CT molecular complexity index is 632. The zero-order valence-electron chi connectivity index (χ0n) is 11.8. The number of aliphatic carboxylic acids is 1. The summed E-state index contributed by atoms with van der Waals surface area (Å²) in [6.45, 7) is 0.717. The first-order chi connectivity index (χ1) is 10.1. The first kappa shape index (κ1) is 13.8. The average Bonchev–Trinajstić information content (AvgIpc) is 3.25. The second-order valence-corrected chi connectivity index (χ2v) is 5.60. The Balaban J connectivity index is 1.88. The predicted octanol–water partition coefficient (Wildman–Crippen LogP) is 1.76. The molecule has 0 unspecified atom stereocenters. The maximum atomic E-state index is 11.0. The smallest absolute Gasteiger partial charge is 0.320 e. The Morgan fingerprint density at radius 3 is 2.71 bits per heavy atom. The highest BCUT2D eigenvalue weighted by atomic mass is 16.4. The van der Waals surface area contributed by atoms with Gasteiger partial charge < -0.3 is 15.4 Å². The lowest BCUT2D eigenvalue weighted by Crippen LogP contribution is -2.33. The number of carboxylic acids is 1. The van der Waals surface area contributed by atoms with Crippen LogP contribution < -0.4 is 5.73 Å². The summed E-state index contributed by atoms with van der Waals surface area (Å²) in [5.41, 5.74) is 7.75. The summed E-state index contributed by atoms with van der Waals surface area (Å²) in [5, 5.41) is 9.00. The standard InChI is InChI=1S/C16H19N3O2/c17-14(16(20)21)8-13-9-18-15(12-6-7-12)19(13)10-11-4-2-1-3-5-11/h1-5,9,12,14H,6-8,10,17H2,(H,20,21)/t14-/m0/s1. The fraction of sp³-hybridized carbons (Fsp3) is 0.375. The molecule has 1 fully saturated rings. The van der Waals surface area contributed by atoms with Crippen molar-refractivity contribution >= 4 is 5.97 Å². The third-order valence-electron chi connectivity index (χ3n) is 3.84. The Morgan fingerprint density at radius 2 is 2.10 bits per heavy atom. The highest BCUT2D eigenvalue weighted by molar-refractivity contribution is 5.73. The molecule has 5 heteroatoms. The molecular weight excluding hydrogens is 266 g/mol. The van der Waals surface area contributed by atoms with E-state index < -0.39 is 12.0 Å². The van der Waals surface area contributed by atoms with E-state index in [2.05, 4.69) is 21.7 Å². The van der Waals surface area contributed by atoms with Gasteiger partial charge in [-0.3, -0.25) is 4.79 Å². The fourth-order valence-electron chi connectivity index (χ4n) is 2.52. The molecule has 1 heterocycles. The fourth-order valence-corrected chi connectivity index (χ4v) is 2.52. The average molecular weight is 285 g/mol. The largest absolute Gasteiger partial charge is 0.480 e.